The Morgan fingerprint density at radius 2 is 1.96 bits per heavy atom. The number of anilines is 2. The fraction of sp³-hybridized carbons (Fsp3) is 0.300. The van der Waals surface area contributed by atoms with Crippen molar-refractivity contribution in [3.8, 4) is 11.5 Å². The average molecular weight is 354 g/mol. The Kier molecular flexibility index (Phi) is 5.11. The van der Waals surface area contributed by atoms with Crippen LogP contribution in [0.5, 0.6) is 11.5 Å². The summed E-state index contributed by atoms with van der Waals surface area (Å²) in [6.07, 6.45) is 1.11. The van der Waals surface area contributed by atoms with Crippen LogP contribution in [0, 0.1) is 0 Å². The van der Waals surface area contributed by atoms with E-state index in [1.165, 1.54) is 0 Å². The van der Waals surface area contributed by atoms with Crippen LogP contribution in [-0.4, -0.2) is 32.6 Å². The van der Waals surface area contributed by atoms with Crippen molar-refractivity contribution in [2.45, 2.75) is 19.8 Å². The molecular weight excluding hydrogens is 332 g/mol. The minimum Gasteiger partial charge on any atom is -0.497 e. The Morgan fingerprint density at radius 1 is 1.15 bits per heavy atom. The van der Waals surface area contributed by atoms with Crippen LogP contribution in [0.3, 0.4) is 0 Å². The number of ether oxygens (including phenoxy) is 2. The second kappa shape index (κ2) is 7.47. The highest BCUT2D eigenvalue weighted by atomic mass is 16.5. The smallest absolute Gasteiger partial charge is 0.256 e. The van der Waals surface area contributed by atoms with Gasteiger partial charge in [-0.2, -0.15) is 0 Å². The number of hydrogen-bond acceptors (Lipinski definition) is 4. The number of rotatable bonds is 5. The van der Waals surface area contributed by atoms with Crippen molar-refractivity contribution in [3.05, 3.63) is 47.5 Å². The first-order valence-electron chi connectivity index (χ1n) is 8.54. The van der Waals surface area contributed by atoms with Gasteiger partial charge in [-0.25, -0.2) is 0 Å². The molecule has 1 N–H and O–H groups in total. The highest BCUT2D eigenvalue weighted by molar-refractivity contribution is 6.08. The molecule has 0 unspecified atom stereocenters. The first-order valence-corrected chi connectivity index (χ1v) is 8.54. The molecule has 3 rings (SSSR count). The number of hydrogen-bond donors (Lipinski definition) is 1. The van der Waals surface area contributed by atoms with Gasteiger partial charge in [0.2, 0.25) is 5.91 Å². The van der Waals surface area contributed by atoms with Gasteiger partial charge in [-0.05, 0) is 36.2 Å². The lowest BCUT2D eigenvalue weighted by molar-refractivity contribution is -0.118. The standard InChI is InChI=1S/C20H22N2O4/c1-4-19(23)22-11-10-14-15(6-5-7-17(14)22)20(24)21-16-9-8-13(25-2)12-18(16)26-3/h5-9,12H,4,10-11H2,1-3H3,(H,21,24). The Morgan fingerprint density at radius 3 is 2.65 bits per heavy atom. The van der Waals surface area contributed by atoms with E-state index in [9.17, 15) is 9.59 Å². The van der Waals surface area contributed by atoms with Crippen molar-refractivity contribution in [3.63, 3.8) is 0 Å². The SMILES string of the molecule is CCC(=O)N1CCc2c(C(=O)Nc3ccc(OC)cc3OC)cccc21. The molecule has 2 amide bonds. The van der Waals surface area contributed by atoms with E-state index in [1.807, 2.05) is 13.0 Å². The van der Waals surface area contributed by atoms with Gasteiger partial charge in [0.25, 0.3) is 5.91 Å². The summed E-state index contributed by atoms with van der Waals surface area (Å²) in [6.45, 7) is 2.45. The Labute approximate surface area is 152 Å². The van der Waals surface area contributed by atoms with E-state index >= 15 is 0 Å². The lowest BCUT2D eigenvalue weighted by atomic mass is 10.0. The average Bonchev–Trinajstić information content (AvgIpc) is 3.11. The Bertz CT molecular complexity index is 848. The molecule has 0 bridgehead atoms. The van der Waals surface area contributed by atoms with Crippen LogP contribution in [0.2, 0.25) is 0 Å². The van der Waals surface area contributed by atoms with E-state index in [2.05, 4.69) is 5.32 Å². The maximum atomic E-state index is 12.8. The molecule has 1 heterocycles. The number of benzene rings is 2. The maximum absolute atomic E-state index is 12.8. The fourth-order valence-electron chi connectivity index (χ4n) is 3.19. The molecule has 26 heavy (non-hydrogen) atoms. The molecular formula is C20H22N2O4. The maximum Gasteiger partial charge on any atom is 0.256 e. The van der Waals surface area contributed by atoms with Gasteiger partial charge in [-0.15, -0.1) is 0 Å². The van der Waals surface area contributed by atoms with Gasteiger partial charge in [0.15, 0.2) is 0 Å². The number of methoxy groups -OCH3 is 2. The van der Waals surface area contributed by atoms with Crippen LogP contribution in [0.15, 0.2) is 36.4 Å². The largest absolute Gasteiger partial charge is 0.497 e. The first-order chi connectivity index (χ1) is 12.6. The van der Waals surface area contributed by atoms with Gasteiger partial charge in [-0.3, -0.25) is 9.59 Å². The van der Waals surface area contributed by atoms with Crippen molar-refractivity contribution >= 4 is 23.2 Å². The minimum absolute atomic E-state index is 0.0677. The molecule has 2 aromatic rings. The zero-order valence-corrected chi connectivity index (χ0v) is 15.2. The zero-order chi connectivity index (χ0) is 18.7. The third-order valence-electron chi connectivity index (χ3n) is 4.53. The number of carbonyl (C=O) groups is 2. The molecule has 0 saturated carbocycles. The number of carbonyl (C=O) groups excluding carboxylic acids is 2. The molecule has 0 spiro atoms. The lowest BCUT2D eigenvalue weighted by Gasteiger charge is -2.17. The summed E-state index contributed by atoms with van der Waals surface area (Å²) in [5.74, 6) is 1.01. The van der Waals surface area contributed by atoms with Crippen LogP contribution in [0.1, 0.15) is 29.3 Å². The molecule has 0 saturated heterocycles. The lowest BCUT2D eigenvalue weighted by Crippen LogP contribution is -2.27. The summed E-state index contributed by atoms with van der Waals surface area (Å²) in [6, 6.07) is 10.7. The summed E-state index contributed by atoms with van der Waals surface area (Å²) in [4.78, 5) is 26.7. The van der Waals surface area contributed by atoms with Gasteiger partial charge in [-0.1, -0.05) is 13.0 Å². The van der Waals surface area contributed by atoms with Crippen molar-refractivity contribution in [1.82, 2.24) is 0 Å². The van der Waals surface area contributed by atoms with Crippen molar-refractivity contribution in [1.29, 1.82) is 0 Å². The van der Waals surface area contributed by atoms with E-state index in [0.717, 1.165) is 11.3 Å². The van der Waals surface area contributed by atoms with Gasteiger partial charge < -0.3 is 19.7 Å². The Hall–Kier alpha value is -3.02. The fourth-order valence-corrected chi connectivity index (χ4v) is 3.19. The monoisotopic (exact) mass is 354 g/mol. The second-order valence-corrected chi connectivity index (χ2v) is 5.97. The molecule has 0 atom stereocenters. The highest BCUT2D eigenvalue weighted by Gasteiger charge is 2.27. The van der Waals surface area contributed by atoms with E-state index in [4.69, 9.17) is 9.47 Å². The molecule has 0 aliphatic carbocycles. The summed E-state index contributed by atoms with van der Waals surface area (Å²) < 4.78 is 10.5. The van der Waals surface area contributed by atoms with Gasteiger partial charge in [0, 0.05) is 30.3 Å². The molecule has 0 fully saturated rings. The van der Waals surface area contributed by atoms with E-state index in [0.29, 0.717) is 42.1 Å². The van der Waals surface area contributed by atoms with Crippen LogP contribution in [0.4, 0.5) is 11.4 Å². The van der Waals surface area contributed by atoms with Gasteiger partial charge >= 0.3 is 0 Å². The Balaban J connectivity index is 1.89. The van der Waals surface area contributed by atoms with Gasteiger partial charge in [0.1, 0.15) is 11.5 Å². The van der Waals surface area contributed by atoms with E-state index < -0.39 is 0 Å². The molecule has 6 heteroatoms. The summed E-state index contributed by atoms with van der Waals surface area (Å²) in [7, 11) is 3.11. The molecule has 2 aromatic carbocycles. The van der Waals surface area contributed by atoms with E-state index in [-0.39, 0.29) is 11.8 Å². The molecule has 1 aliphatic rings. The van der Waals surface area contributed by atoms with Crippen LogP contribution in [-0.2, 0) is 11.2 Å². The number of amides is 2. The normalized spacial score (nSPS) is 12.5. The number of nitrogens with zero attached hydrogens (tertiary/aromatic N) is 1. The predicted molar refractivity (Wildman–Crippen MR) is 100 cm³/mol. The molecule has 0 radical (unpaired) electrons. The first kappa shape index (κ1) is 17.8. The van der Waals surface area contributed by atoms with Crippen molar-refractivity contribution in [2.75, 3.05) is 31.0 Å². The third-order valence-corrected chi connectivity index (χ3v) is 4.53. The summed E-state index contributed by atoms with van der Waals surface area (Å²) >= 11 is 0. The number of fused-ring (bicyclic) bond motifs is 1. The summed E-state index contributed by atoms with van der Waals surface area (Å²) in [5, 5.41) is 2.89. The van der Waals surface area contributed by atoms with Crippen LogP contribution < -0.4 is 19.7 Å². The third kappa shape index (κ3) is 3.22. The second-order valence-electron chi connectivity index (χ2n) is 5.97. The topological polar surface area (TPSA) is 67.9 Å². The molecule has 6 nitrogen and oxygen atoms in total. The minimum atomic E-state index is -0.226. The molecule has 1 aliphatic heterocycles. The number of nitrogens with one attached hydrogen (secondary N) is 1. The van der Waals surface area contributed by atoms with Gasteiger partial charge in [0.05, 0.1) is 19.9 Å². The molecule has 0 aromatic heterocycles. The predicted octanol–water partition coefficient (Wildman–Crippen LogP) is 3.26. The van der Waals surface area contributed by atoms with Crippen LogP contribution in [0.25, 0.3) is 0 Å². The van der Waals surface area contributed by atoms with Crippen molar-refractivity contribution < 1.29 is 19.1 Å². The zero-order valence-electron chi connectivity index (χ0n) is 15.2. The highest BCUT2D eigenvalue weighted by Crippen LogP contribution is 2.33. The quantitative estimate of drug-likeness (QED) is 0.895. The van der Waals surface area contributed by atoms with Crippen LogP contribution >= 0.6 is 0 Å². The molecule has 136 valence electrons. The van der Waals surface area contributed by atoms with E-state index in [1.54, 1.807) is 49.5 Å². The van der Waals surface area contributed by atoms with Crippen molar-refractivity contribution in [2.24, 2.45) is 0 Å². The summed E-state index contributed by atoms with van der Waals surface area (Å²) in [5.41, 5.74) is 2.87.